The lowest BCUT2D eigenvalue weighted by Crippen LogP contribution is -2.46. The van der Waals surface area contributed by atoms with Gasteiger partial charge in [0, 0.05) is 43.8 Å². The number of benzene rings is 1. The molecule has 1 amide bonds. The molecule has 1 aliphatic rings. The number of carbonyl (C=O) groups excluding carboxylic acids is 1. The molecule has 0 spiro atoms. The van der Waals surface area contributed by atoms with Crippen molar-refractivity contribution in [1.29, 1.82) is 0 Å². The third-order valence-corrected chi connectivity index (χ3v) is 7.47. The van der Waals surface area contributed by atoms with Crippen molar-refractivity contribution in [3.63, 3.8) is 0 Å². The summed E-state index contributed by atoms with van der Waals surface area (Å²) in [6.45, 7) is 5.04. The molecule has 3 heterocycles. The standard InChI is InChI=1S/C25H32ClFN6O3/c1-5-16(6-2)28-22(34)15-9-8-12-32(13-15)24-29-21-20(23(35)31(4)25(36)30(21)3)33(24)14-17-18(26)10-7-11-19(17)27/h7,10-11,15-16H,5-6,8-9,12-14H2,1-4H3,(H,28,34). The van der Waals surface area contributed by atoms with Gasteiger partial charge in [-0.05, 0) is 37.8 Å². The number of nitrogens with one attached hydrogen (secondary N) is 1. The van der Waals surface area contributed by atoms with Gasteiger partial charge in [-0.3, -0.25) is 23.3 Å². The van der Waals surface area contributed by atoms with Gasteiger partial charge < -0.3 is 10.2 Å². The Morgan fingerprint density at radius 1 is 1.22 bits per heavy atom. The number of aryl methyl sites for hydroxylation is 1. The number of hydrogen-bond acceptors (Lipinski definition) is 5. The predicted octanol–water partition coefficient (Wildman–Crippen LogP) is 2.80. The average Bonchev–Trinajstić information content (AvgIpc) is 3.26. The summed E-state index contributed by atoms with van der Waals surface area (Å²) in [6, 6.07) is 4.54. The Morgan fingerprint density at radius 3 is 2.61 bits per heavy atom. The van der Waals surface area contributed by atoms with Crippen LogP contribution in [-0.2, 0) is 25.4 Å². The molecule has 2 aromatic heterocycles. The molecule has 1 N–H and O–H groups in total. The molecule has 1 unspecified atom stereocenters. The first-order valence-electron chi connectivity index (χ1n) is 12.3. The van der Waals surface area contributed by atoms with E-state index in [0.717, 1.165) is 30.3 Å². The minimum absolute atomic E-state index is 0.00322. The highest BCUT2D eigenvalue weighted by Gasteiger charge is 2.31. The van der Waals surface area contributed by atoms with Crippen molar-refractivity contribution in [2.45, 2.75) is 52.1 Å². The lowest BCUT2D eigenvalue weighted by atomic mass is 9.96. The van der Waals surface area contributed by atoms with E-state index in [1.807, 2.05) is 18.7 Å². The fourth-order valence-electron chi connectivity index (χ4n) is 4.85. The van der Waals surface area contributed by atoms with Crippen molar-refractivity contribution in [2.75, 3.05) is 18.0 Å². The maximum absolute atomic E-state index is 14.8. The quantitative estimate of drug-likeness (QED) is 0.519. The van der Waals surface area contributed by atoms with Crippen molar-refractivity contribution in [3.8, 4) is 0 Å². The smallest absolute Gasteiger partial charge is 0.332 e. The largest absolute Gasteiger partial charge is 0.353 e. The molecule has 1 atom stereocenters. The van der Waals surface area contributed by atoms with Gasteiger partial charge in [-0.15, -0.1) is 0 Å². The Balaban J connectivity index is 1.82. The zero-order valence-corrected chi connectivity index (χ0v) is 21.8. The summed E-state index contributed by atoms with van der Waals surface area (Å²) >= 11 is 6.33. The summed E-state index contributed by atoms with van der Waals surface area (Å²) in [5.41, 5.74) is -0.435. The van der Waals surface area contributed by atoms with E-state index in [1.54, 1.807) is 17.7 Å². The van der Waals surface area contributed by atoms with Gasteiger partial charge in [-0.25, -0.2) is 9.18 Å². The van der Waals surface area contributed by atoms with Crippen LogP contribution in [-0.4, -0.2) is 43.7 Å². The summed E-state index contributed by atoms with van der Waals surface area (Å²) in [5, 5.41) is 3.36. The molecule has 194 valence electrons. The van der Waals surface area contributed by atoms with Gasteiger partial charge >= 0.3 is 5.69 Å². The highest BCUT2D eigenvalue weighted by molar-refractivity contribution is 6.31. The second-order valence-corrected chi connectivity index (χ2v) is 9.79. The van der Waals surface area contributed by atoms with Crippen LogP contribution in [0.2, 0.25) is 5.02 Å². The zero-order valence-electron chi connectivity index (χ0n) is 21.1. The molecule has 1 saturated heterocycles. The Hall–Kier alpha value is -3.14. The number of fused-ring (bicyclic) bond motifs is 1. The Labute approximate surface area is 213 Å². The fraction of sp³-hybridized carbons (Fsp3) is 0.520. The van der Waals surface area contributed by atoms with Crippen LogP contribution in [0.3, 0.4) is 0 Å². The third-order valence-electron chi connectivity index (χ3n) is 7.11. The molecule has 0 saturated carbocycles. The number of nitrogens with zero attached hydrogens (tertiary/aromatic N) is 5. The van der Waals surface area contributed by atoms with E-state index in [4.69, 9.17) is 11.6 Å². The van der Waals surface area contributed by atoms with Crippen LogP contribution in [0, 0.1) is 11.7 Å². The maximum atomic E-state index is 14.8. The van der Waals surface area contributed by atoms with E-state index >= 15 is 0 Å². The van der Waals surface area contributed by atoms with Gasteiger partial charge in [0.05, 0.1) is 12.5 Å². The number of anilines is 1. The minimum Gasteiger partial charge on any atom is -0.353 e. The number of rotatable bonds is 7. The predicted molar refractivity (Wildman–Crippen MR) is 138 cm³/mol. The molecule has 0 bridgehead atoms. The molecule has 0 radical (unpaired) electrons. The molecule has 1 aliphatic heterocycles. The van der Waals surface area contributed by atoms with E-state index in [1.165, 1.54) is 23.7 Å². The number of piperidine rings is 1. The topological polar surface area (TPSA) is 94.2 Å². The van der Waals surface area contributed by atoms with Crippen LogP contribution in [0.4, 0.5) is 10.3 Å². The van der Waals surface area contributed by atoms with Gasteiger partial charge in [0.2, 0.25) is 11.9 Å². The first-order chi connectivity index (χ1) is 17.2. The second kappa shape index (κ2) is 10.5. The number of halogens is 2. The molecule has 0 aliphatic carbocycles. The van der Waals surface area contributed by atoms with E-state index in [9.17, 15) is 18.8 Å². The summed E-state index contributed by atoms with van der Waals surface area (Å²) in [4.78, 5) is 45.4. The molecule has 1 aromatic carbocycles. The first-order valence-corrected chi connectivity index (χ1v) is 12.7. The van der Waals surface area contributed by atoms with E-state index in [0.29, 0.717) is 19.0 Å². The fourth-order valence-corrected chi connectivity index (χ4v) is 5.08. The van der Waals surface area contributed by atoms with Crippen molar-refractivity contribution >= 4 is 34.6 Å². The van der Waals surface area contributed by atoms with Gasteiger partial charge in [-0.2, -0.15) is 4.98 Å². The number of aromatic nitrogens is 4. The monoisotopic (exact) mass is 518 g/mol. The normalized spacial score (nSPS) is 16.2. The molecular formula is C25H32ClFN6O3. The molecule has 36 heavy (non-hydrogen) atoms. The zero-order chi connectivity index (χ0) is 26.1. The summed E-state index contributed by atoms with van der Waals surface area (Å²) in [5.74, 6) is -0.353. The highest BCUT2D eigenvalue weighted by atomic mass is 35.5. The van der Waals surface area contributed by atoms with E-state index in [2.05, 4.69) is 10.3 Å². The number of imidazole rings is 1. The molecular weight excluding hydrogens is 487 g/mol. The van der Waals surface area contributed by atoms with Crippen molar-refractivity contribution in [1.82, 2.24) is 24.0 Å². The number of hydrogen-bond donors (Lipinski definition) is 1. The van der Waals surface area contributed by atoms with Crippen molar-refractivity contribution in [3.05, 3.63) is 55.4 Å². The van der Waals surface area contributed by atoms with Gasteiger partial charge in [0.1, 0.15) is 5.82 Å². The third kappa shape index (κ3) is 4.66. The average molecular weight is 519 g/mol. The van der Waals surface area contributed by atoms with Crippen molar-refractivity contribution in [2.24, 2.45) is 20.0 Å². The van der Waals surface area contributed by atoms with Crippen LogP contribution in [0.25, 0.3) is 11.2 Å². The molecule has 3 aromatic rings. The molecule has 1 fully saturated rings. The number of carbonyl (C=O) groups is 1. The SMILES string of the molecule is CCC(CC)NC(=O)C1CCCN(c2nc3c(c(=O)n(C)c(=O)n3C)n2Cc2c(F)cccc2Cl)C1. The van der Waals surface area contributed by atoms with E-state index in [-0.39, 0.29) is 46.2 Å². The molecule has 11 heteroatoms. The summed E-state index contributed by atoms with van der Waals surface area (Å²) < 4.78 is 18.7. The molecule has 4 rings (SSSR count). The van der Waals surface area contributed by atoms with Gasteiger partial charge in [0.15, 0.2) is 11.2 Å². The summed E-state index contributed by atoms with van der Waals surface area (Å²) in [7, 11) is 2.94. The van der Waals surface area contributed by atoms with Gasteiger partial charge in [0.25, 0.3) is 5.56 Å². The second-order valence-electron chi connectivity index (χ2n) is 9.38. The van der Waals surface area contributed by atoms with Crippen LogP contribution < -0.4 is 21.5 Å². The minimum atomic E-state index is -0.528. The lowest BCUT2D eigenvalue weighted by Gasteiger charge is -2.33. The Morgan fingerprint density at radius 2 is 1.94 bits per heavy atom. The van der Waals surface area contributed by atoms with E-state index < -0.39 is 17.1 Å². The van der Waals surface area contributed by atoms with Crippen LogP contribution in [0.15, 0.2) is 27.8 Å². The first kappa shape index (κ1) is 25.9. The van der Waals surface area contributed by atoms with Crippen LogP contribution in [0.5, 0.6) is 0 Å². The Kier molecular flexibility index (Phi) is 7.54. The lowest BCUT2D eigenvalue weighted by molar-refractivity contribution is -0.126. The Bertz CT molecular complexity index is 1390. The van der Waals surface area contributed by atoms with Crippen molar-refractivity contribution < 1.29 is 9.18 Å². The van der Waals surface area contributed by atoms with Crippen LogP contribution in [0.1, 0.15) is 45.1 Å². The van der Waals surface area contributed by atoms with Gasteiger partial charge in [-0.1, -0.05) is 31.5 Å². The highest BCUT2D eigenvalue weighted by Crippen LogP contribution is 2.29. The van der Waals surface area contributed by atoms with Crippen LogP contribution >= 0.6 is 11.6 Å². The summed E-state index contributed by atoms with van der Waals surface area (Å²) in [6.07, 6.45) is 3.20. The maximum Gasteiger partial charge on any atom is 0.332 e. The number of amides is 1. The molecule has 9 nitrogen and oxygen atoms in total.